The molecule has 0 saturated carbocycles. The Kier molecular flexibility index (Phi) is 5.23. The SMILES string of the molecule is C/C(=C\C(=O)OCl)c1ccc(CC(C)C)cc1. The van der Waals surface area contributed by atoms with Crippen molar-refractivity contribution < 1.29 is 9.08 Å². The summed E-state index contributed by atoms with van der Waals surface area (Å²) in [6.45, 7) is 6.23. The van der Waals surface area contributed by atoms with Gasteiger partial charge in [0, 0.05) is 6.08 Å². The molecule has 0 aliphatic heterocycles. The molecule has 0 aliphatic carbocycles. The van der Waals surface area contributed by atoms with Crippen molar-refractivity contribution in [2.24, 2.45) is 5.92 Å². The highest BCUT2D eigenvalue weighted by Crippen LogP contribution is 2.16. The molecule has 1 rings (SSSR count). The average Bonchev–Trinajstić information content (AvgIpc) is 2.28. The number of hydrogen-bond acceptors (Lipinski definition) is 2. The van der Waals surface area contributed by atoms with E-state index in [1.54, 1.807) is 0 Å². The third-order valence-electron chi connectivity index (χ3n) is 2.46. The highest BCUT2D eigenvalue weighted by molar-refractivity contribution is 6.15. The Labute approximate surface area is 107 Å². The predicted molar refractivity (Wildman–Crippen MR) is 70.6 cm³/mol. The molecule has 0 bridgehead atoms. The van der Waals surface area contributed by atoms with Crippen molar-refractivity contribution in [2.75, 3.05) is 0 Å². The average molecular weight is 253 g/mol. The van der Waals surface area contributed by atoms with Crippen LogP contribution in [0.5, 0.6) is 0 Å². The van der Waals surface area contributed by atoms with Crippen molar-refractivity contribution in [1.29, 1.82) is 0 Å². The van der Waals surface area contributed by atoms with Gasteiger partial charge in [0.2, 0.25) is 0 Å². The maximum absolute atomic E-state index is 11.0. The molecule has 0 amide bonds. The van der Waals surface area contributed by atoms with Crippen LogP contribution in [0.25, 0.3) is 5.57 Å². The Morgan fingerprint density at radius 1 is 1.35 bits per heavy atom. The summed E-state index contributed by atoms with van der Waals surface area (Å²) in [5, 5.41) is 0. The van der Waals surface area contributed by atoms with Crippen LogP contribution in [0.1, 0.15) is 31.9 Å². The van der Waals surface area contributed by atoms with Crippen LogP contribution in [-0.2, 0) is 15.5 Å². The smallest absolute Gasteiger partial charge is 0.344 e. The molecular formula is C14H17ClO2. The fourth-order valence-electron chi connectivity index (χ4n) is 1.66. The first-order valence-corrected chi connectivity index (χ1v) is 5.94. The number of hydrogen-bond donors (Lipinski definition) is 0. The molecule has 1 aromatic rings. The van der Waals surface area contributed by atoms with Gasteiger partial charge in [0.05, 0.1) is 0 Å². The molecule has 0 N–H and O–H groups in total. The number of allylic oxidation sites excluding steroid dienone is 1. The first-order chi connectivity index (χ1) is 8.02. The summed E-state index contributed by atoms with van der Waals surface area (Å²) in [6, 6.07) is 8.17. The third kappa shape index (κ3) is 4.61. The van der Waals surface area contributed by atoms with Crippen molar-refractivity contribution >= 4 is 23.4 Å². The number of halogens is 1. The second-order valence-corrected chi connectivity index (χ2v) is 4.67. The van der Waals surface area contributed by atoms with E-state index in [0.717, 1.165) is 17.6 Å². The lowest BCUT2D eigenvalue weighted by Gasteiger charge is -2.06. The molecule has 3 heteroatoms. The molecule has 0 spiro atoms. The molecule has 0 aliphatic rings. The molecule has 0 aromatic heterocycles. The van der Waals surface area contributed by atoms with E-state index < -0.39 is 5.97 Å². The van der Waals surface area contributed by atoms with Crippen molar-refractivity contribution in [1.82, 2.24) is 0 Å². The lowest BCUT2D eigenvalue weighted by molar-refractivity contribution is -0.128. The summed E-state index contributed by atoms with van der Waals surface area (Å²) in [5.41, 5.74) is 3.14. The van der Waals surface area contributed by atoms with E-state index in [2.05, 4.69) is 30.3 Å². The standard InChI is InChI=1S/C14H17ClO2/c1-10(2)8-12-4-6-13(7-5-12)11(3)9-14(16)17-15/h4-7,9-10H,8H2,1-3H3/b11-9+. The molecular weight excluding hydrogens is 236 g/mol. The zero-order valence-electron chi connectivity index (χ0n) is 10.4. The number of carbonyl (C=O) groups is 1. The second-order valence-electron chi connectivity index (χ2n) is 4.52. The second kappa shape index (κ2) is 6.45. The molecule has 0 saturated heterocycles. The molecule has 2 nitrogen and oxygen atoms in total. The van der Waals surface area contributed by atoms with Crippen LogP contribution < -0.4 is 0 Å². The molecule has 0 unspecified atom stereocenters. The van der Waals surface area contributed by atoms with Crippen LogP contribution in [-0.4, -0.2) is 5.97 Å². The largest absolute Gasteiger partial charge is 0.349 e. The predicted octanol–water partition coefficient (Wildman–Crippen LogP) is 3.99. The maximum Gasteiger partial charge on any atom is 0.349 e. The number of benzene rings is 1. The Balaban J connectivity index is 2.80. The van der Waals surface area contributed by atoms with E-state index in [1.165, 1.54) is 11.6 Å². The van der Waals surface area contributed by atoms with Crippen LogP contribution in [0.4, 0.5) is 0 Å². The van der Waals surface area contributed by atoms with Gasteiger partial charge in [-0.1, -0.05) is 38.1 Å². The molecule has 17 heavy (non-hydrogen) atoms. The number of rotatable bonds is 4. The minimum atomic E-state index is -0.546. The lowest BCUT2D eigenvalue weighted by Crippen LogP contribution is -1.95. The fraction of sp³-hybridized carbons (Fsp3) is 0.357. The first-order valence-electron chi connectivity index (χ1n) is 5.63. The summed E-state index contributed by atoms with van der Waals surface area (Å²) in [7, 11) is 0. The van der Waals surface area contributed by atoms with E-state index in [1.807, 2.05) is 19.1 Å². The maximum atomic E-state index is 11.0. The molecule has 1 aromatic carbocycles. The van der Waals surface area contributed by atoms with Gasteiger partial charge < -0.3 is 4.29 Å². The quantitative estimate of drug-likeness (QED) is 0.758. The van der Waals surface area contributed by atoms with E-state index in [0.29, 0.717) is 5.92 Å². The lowest BCUT2D eigenvalue weighted by atomic mass is 9.99. The number of carbonyl (C=O) groups excluding carboxylic acids is 1. The minimum Gasteiger partial charge on any atom is -0.344 e. The molecule has 0 heterocycles. The van der Waals surface area contributed by atoms with Gasteiger partial charge in [0.15, 0.2) is 0 Å². The first kappa shape index (κ1) is 13.8. The molecule has 0 atom stereocenters. The Bertz CT molecular complexity index is 405. The zero-order valence-corrected chi connectivity index (χ0v) is 11.1. The van der Waals surface area contributed by atoms with Crippen LogP contribution in [0, 0.1) is 5.92 Å². The topological polar surface area (TPSA) is 26.3 Å². The van der Waals surface area contributed by atoms with Gasteiger partial charge in [-0.3, -0.25) is 0 Å². The van der Waals surface area contributed by atoms with E-state index in [-0.39, 0.29) is 0 Å². The van der Waals surface area contributed by atoms with E-state index >= 15 is 0 Å². The summed E-state index contributed by atoms with van der Waals surface area (Å²) < 4.78 is 4.08. The van der Waals surface area contributed by atoms with E-state index in [4.69, 9.17) is 11.9 Å². The summed E-state index contributed by atoms with van der Waals surface area (Å²) in [6.07, 6.45) is 2.44. The Morgan fingerprint density at radius 3 is 2.41 bits per heavy atom. The van der Waals surface area contributed by atoms with Gasteiger partial charge in [-0.15, -0.1) is 0 Å². The molecule has 92 valence electrons. The fourth-order valence-corrected chi connectivity index (χ4v) is 1.70. The van der Waals surface area contributed by atoms with E-state index in [9.17, 15) is 4.79 Å². The third-order valence-corrected chi connectivity index (χ3v) is 2.62. The molecule has 0 fully saturated rings. The van der Waals surface area contributed by atoms with Gasteiger partial charge in [0.25, 0.3) is 0 Å². The zero-order chi connectivity index (χ0) is 12.8. The minimum absolute atomic E-state index is 0.546. The van der Waals surface area contributed by atoms with Crippen LogP contribution >= 0.6 is 11.9 Å². The van der Waals surface area contributed by atoms with Crippen LogP contribution in [0.3, 0.4) is 0 Å². The van der Waals surface area contributed by atoms with Crippen molar-refractivity contribution in [3.63, 3.8) is 0 Å². The van der Waals surface area contributed by atoms with Crippen LogP contribution in [0.15, 0.2) is 30.3 Å². The summed E-state index contributed by atoms with van der Waals surface area (Å²) in [4.78, 5) is 11.0. The van der Waals surface area contributed by atoms with Gasteiger partial charge in [0.1, 0.15) is 11.9 Å². The van der Waals surface area contributed by atoms with Gasteiger partial charge in [-0.2, -0.15) is 0 Å². The van der Waals surface area contributed by atoms with Gasteiger partial charge in [-0.05, 0) is 36.0 Å². The van der Waals surface area contributed by atoms with Gasteiger partial charge >= 0.3 is 5.97 Å². The Morgan fingerprint density at radius 2 is 1.94 bits per heavy atom. The Hall–Kier alpha value is -1.28. The highest BCUT2D eigenvalue weighted by atomic mass is 35.5. The van der Waals surface area contributed by atoms with Crippen molar-refractivity contribution in [3.05, 3.63) is 41.5 Å². The van der Waals surface area contributed by atoms with Crippen LogP contribution in [0.2, 0.25) is 0 Å². The normalized spacial score (nSPS) is 11.7. The monoisotopic (exact) mass is 252 g/mol. The molecule has 0 radical (unpaired) electrons. The highest BCUT2D eigenvalue weighted by Gasteiger charge is 2.02. The van der Waals surface area contributed by atoms with Gasteiger partial charge in [-0.25, -0.2) is 4.79 Å². The van der Waals surface area contributed by atoms with Crippen molar-refractivity contribution in [3.8, 4) is 0 Å². The van der Waals surface area contributed by atoms with Crippen molar-refractivity contribution in [2.45, 2.75) is 27.2 Å². The summed E-state index contributed by atoms with van der Waals surface area (Å²) in [5.74, 6) is 0.0964. The summed E-state index contributed by atoms with van der Waals surface area (Å²) >= 11 is 4.97.